The lowest BCUT2D eigenvalue weighted by Gasteiger charge is -2.71. The fourth-order valence-electron chi connectivity index (χ4n) is 9.65. The zero-order valence-electron chi connectivity index (χ0n) is 22.8. The van der Waals surface area contributed by atoms with Gasteiger partial charge in [-0.1, -0.05) is 33.8 Å². The summed E-state index contributed by atoms with van der Waals surface area (Å²) in [6.45, 7) is 12.5. The molecule has 0 aromatic rings. The topological polar surface area (TPSA) is 128 Å². The lowest BCUT2D eigenvalue weighted by Crippen LogP contribution is -2.71. The lowest BCUT2D eigenvalue weighted by atomic mass is 9.32. The average Bonchev–Trinajstić information content (AvgIpc) is 3.03. The normalized spacial score (nSPS) is 50.5. The maximum atomic E-state index is 13.3. The van der Waals surface area contributed by atoms with E-state index in [9.17, 15) is 19.5 Å². The van der Waals surface area contributed by atoms with E-state index in [1.165, 1.54) is 0 Å². The SMILES string of the molecule is C=C[C@]1(C)C[C@@H](OC(=O)NC(=O)O[C@H]2CC[C@H](N)CC2)[C@]2(C)[C@H](C)CC34C[C@@](CCC3=O)([C@@H]42)[C@@H](C)[C@@H]1O. The standard InChI is InChI=1S/C29H44N2O6/c1-6-26(4)14-21(37-25(35)31-24(34)36-19-9-7-18(30)8-10-19)27(5)16(2)13-29-15-28(23(27)29,12-11-20(29)32)17(3)22(26)33/h6,16-19,21-23,33H,1,7-15,30H2,2-5H3,(H,31,34,35)/t16-,17+,18-,19-,21-,22+,23+,26-,27+,28-,29?/m1/s1. The molecule has 2 amide bonds. The summed E-state index contributed by atoms with van der Waals surface area (Å²) in [7, 11) is 0. The molecule has 5 aliphatic carbocycles. The zero-order chi connectivity index (χ0) is 27.0. The Hall–Kier alpha value is -1.93. The summed E-state index contributed by atoms with van der Waals surface area (Å²) in [5.41, 5.74) is 4.17. The number of carbonyl (C=O) groups excluding carboxylic acids is 3. The van der Waals surface area contributed by atoms with E-state index in [0.29, 0.717) is 31.5 Å². The number of imide groups is 1. The van der Waals surface area contributed by atoms with Crippen molar-refractivity contribution in [2.24, 2.45) is 45.1 Å². The third kappa shape index (κ3) is 3.72. The monoisotopic (exact) mass is 516 g/mol. The molecule has 0 heterocycles. The summed E-state index contributed by atoms with van der Waals surface area (Å²) in [4.78, 5) is 38.9. The van der Waals surface area contributed by atoms with Crippen LogP contribution in [-0.2, 0) is 14.3 Å². The van der Waals surface area contributed by atoms with Gasteiger partial charge in [-0.2, -0.15) is 0 Å². The highest BCUT2D eigenvalue weighted by Gasteiger charge is 2.81. The van der Waals surface area contributed by atoms with Crippen molar-refractivity contribution in [3.63, 3.8) is 0 Å². The minimum atomic E-state index is -0.851. The van der Waals surface area contributed by atoms with Gasteiger partial charge in [-0.25, -0.2) is 14.9 Å². The smallest absolute Gasteiger partial charge is 0.416 e. The van der Waals surface area contributed by atoms with Crippen molar-refractivity contribution < 1.29 is 29.0 Å². The molecule has 1 unspecified atom stereocenters. The van der Waals surface area contributed by atoms with E-state index >= 15 is 0 Å². The van der Waals surface area contributed by atoms with Gasteiger partial charge in [0.15, 0.2) is 0 Å². The number of nitrogens with one attached hydrogen (secondary N) is 1. The van der Waals surface area contributed by atoms with Crippen LogP contribution in [0.3, 0.4) is 0 Å². The first-order chi connectivity index (χ1) is 17.3. The van der Waals surface area contributed by atoms with Gasteiger partial charge in [0.1, 0.15) is 18.0 Å². The minimum Gasteiger partial charge on any atom is -0.446 e. The molecule has 37 heavy (non-hydrogen) atoms. The van der Waals surface area contributed by atoms with E-state index in [1.54, 1.807) is 6.08 Å². The van der Waals surface area contributed by atoms with Crippen LogP contribution in [0.1, 0.15) is 85.5 Å². The second kappa shape index (κ2) is 8.80. The second-order valence-corrected chi connectivity index (χ2v) is 13.5. The van der Waals surface area contributed by atoms with E-state index in [0.717, 1.165) is 32.1 Å². The van der Waals surface area contributed by atoms with Crippen LogP contribution in [0.5, 0.6) is 0 Å². The molecule has 5 saturated carbocycles. The molecule has 0 radical (unpaired) electrons. The van der Waals surface area contributed by atoms with Crippen LogP contribution in [0.4, 0.5) is 9.59 Å². The van der Waals surface area contributed by atoms with Gasteiger partial charge in [0.25, 0.3) is 0 Å². The van der Waals surface area contributed by atoms with Gasteiger partial charge in [-0.3, -0.25) is 4.79 Å². The molecule has 2 bridgehead atoms. The Morgan fingerprint density at radius 2 is 1.76 bits per heavy atom. The second-order valence-electron chi connectivity index (χ2n) is 13.5. The van der Waals surface area contributed by atoms with Crippen LogP contribution in [-0.4, -0.2) is 47.4 Å². The predicted molar refractivity (Wildman–Crippen MR) is 137 cm³/mol. The number of hydrogen-bond acceptors (Lipinski definition) is 7. The summed E-state index contributed by atoms with van der Waals surface area (Å²) in [5, 5.41) is 13.9. The van der Waals surface area contributed by atoms with E-state index in [4.69, 9.17) is 15.2 Å². The highest BCUT2D eigenvalue weighted by atomic mass is 16.6. The first-order valence-corrected chi connectivity index (χ1v) is 14.1. The van der Waals surface area contributed by atoms with Gasteiger partial charge in [-0.15, -0.1) is 6.58 Å². The van der Waals surface area contributed by atoms with E-state index in [2.05, 4.69) is 32.7 Å². The number of rotatable bonds is 3. The van der Waals surface area contributed by atoms with Crippen molar-refractivity contribution in [3.8, 4) is 0 Å². The molecule has 0 saturated heterocycles. The molecule has 5 aliphatic rings. The summed E-state index contributed by atoms with van der Waals surface area (Å²) in [6.07, 6.45) is 4.71. The molecule has 206 valence electrons. The number of ether oxygens (including phenoxy) is 2. The number of nitrogens with two attached hydrogens (primary N) is 1. The Labute approximate surface area is 220 Å². The molecule has 4 N–H and O–H groups in total. The van der Waals surface area contributed by atoms with Gasteiger partial charge in [-0.05, 0) is 74.5 Å². The molecule has 5 rings (SSSR count). The molecule has 8 heteroatoms. The fraction of sp³-hybridized carbons (Fsp3) is 0.828. The van der Waals surface area contributed by atoms with Gasteiger partial charge in [0, 0.05) is 28.7 Å². The number of aliphatic hydroxyl groups is 1. The van der Waals surface area contributed by atoms with Gasteiger partial charge >= 0.3 is 12.2 Å². The summed E-state index contributed by atoms with van der Waals surface area (Å²) in [6, 6.07) is 0.128. The van der Waals surface area contributed by atoms with Crippen LogP contribution >= 0.6 is 0 Å². The van der Waals surface area contributed by atoms with Crippen LogP contribution in [0.25, 0.3) is 0 Å². The van der Waals surface area contributed by atoms with Crippen LogP contribution in [0, 0.1) is 39.4 Å². The Morgan fingerprint density at radius 1 is 1.11 bits per heavy atom. The number of hydrogen-bond donors (Lipinski definition) is 3. The third-order valence-corrected chi connectivity index (χ3v) is 11.8. The largest absolute Gasteiger partial charge is 0.446 e. The van der Waals surface area contributed by atoms with Gasteiger partial charge < -0.3 is 20.3 Å². The zero-order valence-corrected chi connectivity index (χ0v) is 22.8. The van der Waals surface area contributed by atoms with E-state index in [1.807, 2.05) is 6.92 Å². The maximum absolute atomic E-state index is 13.3. The number of ketones is 1. The van der Waals surface area contributed by atoms with Gasteiger partial charge in [0.05, 0.1) is 6.10 Å². The molecular weight excluding hydrogens is 472 g/mol. The first-order valence-electron chi connectivity index (χ1n) is 14.1. The van der Waals surface area contributed by atoms with Crippen molar-refractivity contribution in [1.29, 1.82) is 0 Å². The highest BCUT2D eigenvalue weighted by molar-refractivity contribution is 5.89. The molecule has 5 fully saturated rings. The number of aliphatic hydroxyl groups excluding tert-OH is 1. The molecule has 8 nitrogen and oxygen atoms in total. The predicted octanol–water partition coefficient (Wildman–Crippen LogP) is 4.48. The van der Waals surface area contributed by atoms with Crippen LogP contribution in [0.15, 0.2) is 12.7 Å². The van der Waals surface area contributed by atoms with Crippen molar-refractivity contribution in [1.82, 2.24) is 5.32 Å². The minimum absolute atomic E-state index is 0.0142. The Bertz CT molecular complexity index is 993. The molecule has 2 spiro atoms. The maximum Gasteiger partial charge on any atom is 0.416 e. The number of amides is 2. The van der Waals surface area contributed by atoms with Gasteiger partial charge in [0.2, 0.25) is 0 Å². The Balaban J connectivity index is 1.41. The van der Waals surface area contributed by atoms with Crippen LogP contribution < -0.4 is 11.1 Å². The quantitative estimate of drug-likeness (QED) is 0.472. The third-order valence-electron chi connectivity index (χ3n) is 11.8. The Kier molecular flexibility index (Phi) is 6.34. The average molecular weight is 517 g/mol. The van der Waals surface area contributed by atoms with Crippen molar-refractivity contribution in [3.05, 3.63) is 12.7 Å². The van der Waals surface area contributed by atoms with E-state index in [-0.39, 0.29) is 35.3 Å². The van der Waals surface area contributed by atoms with Crippen molar-refractivity contribution in [2.45, 2.75) is 110 Å². The highest BCUT2D eigenvalue weighted by Crippen LogP contribution is 2.82. The molecule has 9 atom stereocenters. The summed E-state index contributed by atoms with van der Waals surface area (Å²) < 4.78 is 11.6. The summed E-state index contributed by atoms with van der Waals surface area (Å²) >= 11 is 0. The first kappa shape index (κ1) is 26.7. The Morgan fingerprint density at radius 3 is 2.41 bits per heavy atom. The number of carbonyl (C=O) groups is 3. The molecular formula is C29H44N2O6. The summed E-state index contributed by atoms with van der Waals surface area (Å²) in [5.74, 6) is 0.468. The number of alkyl carbamates (subject to hydrolysis) is 2. The number of Topliss-reactive ketones (excluding diaryl/α,β-unsaturated/α-hetero) is 1. The van der Waals surface area contributed by atoms with Crippen molar-refractivity contribution in [2.75, 3.05) is 0 Å². The molecule has 0 aliphatic heterocycles. The van der Waals surface area contributed by atoms with E-state index < -0.39 is 40.6 Å². The fourth-order valence-corrected chi connectivity index (χ4v) is 9.65. The molecule has 0 aromatic heterocycles. The van der Waals surface area contributed by atoms with Crippen LogP contribution in [0.2, 0.25) is 0 Å². The van der Waals surface area contributed by atoms with Crippen molar-refractivity contribution >= 4 is 18.0 Å². The molecule has 0 aromatic carbocycles. The lowest BCUT2D eigenvalue weighted by molar-refractivity contribution is -0.254.